The van der Waals surface area contributed by atoms with E-state index in [1.165, 1.54) is 5.56 Å². The molecule has 2 aromatic rings. The maximum Gasteiger partial charge on any atom is 0.260 e. The van der Waals surface area contributed by atoms with Crippen molar-refractivity contribution in [3.63, 3.8) is 0 Å². The molecule has 0 fully saturated rings. The highest BCUT2D eigenvalue weighted by Gasteiger charge is 2.14. The molecule has 0 unspecified atom stereocenters. The third-order valence-corrected chi connectivity index (χ3v) is 4.34. The number of hydrogen-bond donors (Lipinski definition) is 1. The van der Waals surface area contributed by atoms with Crippen LogP contribution in [0.2, 0.25) is 5.02 Å². The van der Waals surface area contributed by atoms with Crippen molar-refractivity contribution in [2.24, 2.45) is 0 Å². The van der Waals surface area contributed by atoms with Gasteiger partial charge in [0.2, 0.25) is 0 Å². The summed E-state index contributed by atoms with van der Waals surface area (Å²) in [5.74, 6) is 1.37. The first-order valence-corrected chi connectivity index (χ1v) is 8.71. The first-order chi connectivity index (χ1) is 12.0. The summed E-state index contributed by atoms with van der Waals surface area (Å²) in [4.78, 5) is 12.1. The summed E-state index contributed by atoms with van der Waals surface area (Å²) in [7, 11) is 1.65. The number of methoxy groups -OCH3 is 1. The molecular formula is C20H24ClNO3. The molecule has 0 saturated heterocycles. The molecule has 0 radical (unpaired) electrons. The van der Waals surface area contributed by atoms with Crippen LogP contribution in [0, 0.1) is 6.92 Å². The van der Waals surface area contributed by atoms with Crippen molar-refractivity contribution in [2.75, 3.05) is 13.7 Å². The van der Waals surface area contributed by atoms with E-state index in [2.05, 4.69) is 5.32 Å². The van der Waals surface area contributed by atoms with E-state index in [4.69, 9.17) is 21.1 Å². The van der Waals surface area contributed by atoms with Gasteiger partial charge in [-0.3, -0.25) is 4.79 Å². The fourth-order valence-electron chi connectivity index (χ4n) is 2.39. The largest absolute Gasteiger partial charge is 0.497 e. The average Bonchev–Trinajstić information content (AvgIpc) is 2.62. The number of ether oxygens (including phenoxy) is 2. The molecule has 1 N–H and O–H groups in total. The molecule has 4 nitrogen and oxygen atoms in total. The van der Waals surface area contributed by atoms with Crippen LogP contribution in [-0.4, -0.2) is 25.7 Å². The van der Waals surface area contributed by atoms with Gasteiger partial charge in [-0.1, -0.05) is 23.7 Å². The number of carbonyl (C=O) groups excluding carboxylic acids is 1. The normalized spacial score (nSPS) is 11.7. The fraction of sp³-hybridized carbons (Fsp3) is 0.350. The minimum Gasteiger partial charge on any atom is -0.497 e. The third-order valence-electron chi connectivity index (χ3n) is 3.91. The Labute approximate surface area is 154 Å². The Morgan fingerprint density at radius 1 is 1.16 bits per heavy atom. The Bertz CT molecular complexity index is 701. The van der Waals surface area contributed by atoms with Crippen molar-refractivity contribution in [3.05, 3.63) is 58.6 Å². The Morgan fingerprint density at radius 3 is 2.48 bits per heavy atom. The van der Waals surface area contributed by atoms with Crippen LogP contribution in [0.15, 0.2) is 42.5 Å². The molecule has 2 rings (SSSR count). The van der Waals surface area contributed by atoms with Crippen LogP contribution in [-0.2, 0) is 11.2 Å². The second-order valence-corrected chi connectivity index (χ2v) is 6.32. The van der Waals surface area contributed by atoms with E-state index in [0.717, 1.165) is 24.2 Å². The van der Waals surface area contributed by atoms with Crippen molar-refractivity contribution in [1.29, 1.82) is 0 Å². The predicted octanol–water partition coefficient (Wildman–Crippen LogP) is 4.17. The van der Waals surface area contributed by atoms with E-state index in [9.17, 15) is 4.79 Å². The highest BCUT2D eigenvalue weighted by Crippen LogP contribution is 2.21. The molecule has 0 aliphatic heterocycles. The van der Waals surface area contributed by atoms with Crippen molar-refractivity contribution in [3.8, 4) is 11.5 Å². The van der Waals surface area contributed by atoms with E-state index in [1.807, 2.05) is 37.3 Å². The summed E-state index contributed by atoms with van der Waals surface area (Å²) in [5.41, 5.74) is 2.14. The first-order valence-electron chi connectivity index (χ1n) is 8.33. The predicted molar refractivity (Wildman–Crippen MR) is 101 cm³/mol. The van der Waals surface area contributed by atoms with E-state index in [0.29, 0.717) is 17.3 Å². The molecular weight excluding hydrogens is 338 g/mol. The maximum atomic E-state index is 12.1. The van der Waals surface area contributed by atoms with Crippen LogP contribution in [0.1, 0.15) is 24.5 Å². The summed E-state index contributed by atoms with van der Waals surface area (Å²) in [6.45, 7) is 4.25. The van der Waals surface area contributed by atoms with Gasteiger partial charge < -0.3 is 14.8 Å². The molecule has 1 amide bonds. The Kier molecular flexibility index (Phi) is 7.14. The van der Waals surface area contributed by atoms with E-state index in [1.54, 1.807) is 26.2 Å². The molecule has 0 heterocycles. The summed E-state index contributed by atoms with van der Waals surface area (Å²) in [5, 5.41) is 3.59. The van der Waals surface area contributed by atoms with Gasteiger partial charge in [0.25, 0.3) is 5.91 Å². The van der Waals surface area contributed by atoms with Gasteiger partial charge in [-0.05, 0) is 68.1 Å². The molecule has 0 saturated carbocycles. The number of rotatable bonds is 8. The number of nitrogens with one attached hydrogen (secondary N) is 1. The first kappa shape index (κ1) is 19.1. The van der Waals surface area contributed by atoms with Crippen LogP contribution in [0.3, 0.4) is 0 Å². The highest BCUT2D eigenvalue weighted by molar-refractivity contribution is 6.31. The molecule has 1 atom stereocenters. The Morgan fingerprint density at radius 2 is 1.84 bits per heavy atom. The van der Waals surface area contributed by atoms with Crippen LogP contribution < -0.4 is 14.8 Å². The lowest BCUT2D eigenvalue weighted by molar-refractivity contribution is -0.127. The van der Waals surface area contributed by atoms with E-state index in [-0.39, 0.29) is 5.91 Å². The maximum absolute atomic E-state index is 12.1. The number of benzene rings is 2. The highest BCUT2D eigenvalue weighted by atomic mass is 35.5. The molecule has 25 heavy (non-hydrogen) atoms. The zero-order valence-corrected chi connectivity index (χ0v) is 15.6. The van der Waals surface area contributed by atoms with E-state index < -0.39 is 6.10 Å². The van der Waals surface area contributed by atoms with Gasteiger partial charge in [0.15, 0.2) is 6.10 Å². The lowest BCUT2D eigenvalue weighted by Gasteiger charge is -2.15. The molecule has 0 aliphatic rings. The summed E-state index contributed by atoms with van der Waals surface area (Å²) >= 11 is 5.99. The Balaban J connectivity index is 1.72. The summed E-state index contributed by atoms with van der Waals surface area (Å²) in [6, 6.07) is 13.3. The molecule has 0 bridgehead atoms. The van der Waals surface area contributed by atoms with Crippen molar-refractivity contribution >= 4 is 17.5 Å². The zero-order valence-electron chi connectivity index (χ0n) is 14.8. The fourth-order valence-corrected chi connectivity index (χ4v) is 2.51. The van der Waals surface area contributed by atoms with Crippen molar-refractivity contribution in [1.82, 2.24) is 5.32 Å². The van der Waals surface area contributed by atoms with Crippen LogP contribution in [0.4, 0.5) is 0 Å². The molecule has 0 aromatic heterocycles. The van der Waals surface area contributed by atoms with Crippen molar-refractivity contribution < 1.29 is 14.3 Å². The molecule has 134 valence electrons. The van der Waals surface area contributed by atoms with Gasteiger partial charge in [-0.15, -0.1) is 0 Å². The standard InChI is InChI=1S/C20H24ClNO3/c1-14-13-18(10-11-19(14)21)25-15(2)20(23)22-12-4-5-16-6-8-17(24-3)9-7-16/h6-11,13,15H,4-5,12H2,1-3H3,(H,22,23)/t15-/m0/s1. The van der Waals surface area contributed by atoms with Gasteiger partial charge in [0, 0.05) is 11.6 Å². The number of hydrogen-bond acceptors (Lipinski definition) is 3. The number of amides is 1. The summed E-state index contributed by atoms with van der Waals surface area (Å²) in [6.07, 6.45) is 1.21. The minimum absolute atomic E-state index is 0.123. The molecule has 5 heteroatoms. The van der Waals surface area contributed by atoms with Gasteiger partial charge in [-0.2, -0.15) is 0 Å². The topological polar surface area (TPSA) is 47.6 Å². The molecule has 2 aromatic carbocycles. The van der Waals surface area contributed by atoms with Gasteiger partial charge in [0.1, 0.15) is 11.5 Å². The molecule has 0 spiro atoms. The smallest absolute Gasteiger partial charge is 0.260 e. The number of carbonyl (C=O) groups is 1. The zero-order chi connectivity index (χ0) is 18.2. The quantitative estimate of drug-likeness (QED) is 0.718. The monoisotopic (exact) mass is 361 g/mol. The average molecular weight is 362 g/mol. The van der Waals surface area contributed by atoms with E-state index >= 15 is 0 Å². The van der Waals surface area contributed by atoms with Gasteiger partial charge in [0.05, 0.1) is 7.11 Å². The minimum atomic E-state index is -0.554. The van der Waals surface area contributed by atoms with Crippen LogP contribution >= 0.6 is 11.6 Å². The molecule has 0 aliphatic carbocycles. The van der Waals surface area contributed by atoms with Gasteiger partial charge in [-0.25, -0.2) is 0 Å². The lowest BCUT2D eigenvalue weighted by atomic mass is 10.1. The SMILES string of the molecule is COc1ccc(CCCNC(=O)[C@H](C)Oc2ccc(Cl)c(C)c2)cc1. The Hall–Kier alpha value is -2.20. The van der Waals surface area contributed by atoms with Gasteiger partial charge >= 0.3 is 0 Å². The number of aryl methyl sites for hydroxylation is 2. The second kappa shape index (κ2) is 9.33. The van der Waals surface area contributed by atoms with Crippen LogP contribution in [0.25, 0.3) is 0 Å². The van der Waals surface area contributed by atoms with Crippen molar-refractivity contribution in [2.45, 2.75) is 32.8 Å². The van der Waals surface area contributed by atoms with Crippen LogP contribution in [0.5, 0.6) is 11.5 Å². The lowest BCUT2D eigenvalue weighted by Crippen LogP contribution is -2.36. The third kappa shape index (κ3) is 5.98. The summed E-state index contributed by atoms with van der Waals surface area (Å²) < 4.78 is 10.8. The second-order valence-electron chi connectivity index (χ2n) is 5.91. The number of halogens is 1.